The van der Waals surface area contributed by atoms with Crippen molar-refractivity contribution < 1.29 is 14.3 Å². The van der Waals surface area contributed by atoms with Crippen LogP contribution in [-0.4, -0.2) is 25.7 Å². The number of rotatable bonds is 14. The third-order valence-electron chi connectivity index (χ3n) is 4.50. The molecule has 0 aliphatic heterocycles. The Labute approximate surface area is 181 Å². The van der Waals surface area contributed by atoms with Gasteiger partial charge < -0.3 is 20.1 Å². The molecule has 0 saturated heterocycles. The van der Waals surface area contributed by atoms with Crippen molar-refractivity contribution in [3.05, 3.63) is 48.5 Å². The molecule has 0 aromatic heterocycles. The molecule has 0 radical (unpaired) electrons. The van der Waals surface area contributed by atoms with Gasteiger partial charge in [0, 0.05) is 23.5 Å². The minimum atomic E-state index is -0.113. The molecule has 2 aromatic carbocycles. The van der Waals surface area contributed by atoms with E-state index in [2.05, 4.69) is 31.4 Å². The van der Waals surface area contributed by atoms with Gasteiger partial charge in [0.2, 0.25) is 5.91 Å². The van der Waals surface area contributed by atoms with Crippen molar-refractivity contribution in [3.63, 3.8) is 0 Å². The molecular formula is C25H36N2O3. The summed E-state index contributed by atoms with van der Waals surface area (Å²) in [6.45, 7) is 7.97. The number of hydrogen-bond donors (Lipinski definition) is 2. The quantitative estimate of drug-likeness (QED) is 0.367. The number of nitrogens with one attached hydrogen (secondary N) is 2. The predicted octanol–water partition coefficient (Wildman–Crippen LogP) is 6.12. The molecular weight excluding hydrogens is 376 g/mol. The van der Waals surface area contributed by atoms with Gasteiger partial charge in [-0.15, -0.1) is 0 Å². The predicted molar refractivity (Wildman–Crippen MR) is 125 cm³/mol. The minimum absolute atomic E-state index is 0.113. The van der Waals surface area contributed by atoms with Gasteiger partial charge in [-0.1, -0.05) is 58.6 Å². The lowest BCUT2D eigenvalue weighted by Crippen LogP contribution is -2.21. The lowest BCUT2D eigenvalue weighted by molar-refractivity contribution is -0.114. The molecule has 164 valence electrons. The Morgan fingerprint density at radius 1 is 0.900 bits per heavy atom. The monoisotopic (exact) mass is 412 g/mol. The Balaban J connectivity index is 1.74. The maximum absolute atomic E-state index is 12.3. The number of hydrogen-bond acceptors (Lipinski definition) is 4. The van der Waals surface area contributed by atoms with Crippen molar-refractivity contribution in [1.29, 1.82) is 0 Å². The number of anilines is 2. The van der Waals surface area contributed by atoms with E-state index in [1.54, 1.807) is 0 Å². The SMILES string of the molecule is CCCCCCCOc1cccc(NCC(=O)Nc2cccc(OCC(C)C)c2)c1. The minimum Gasteiger partial charge on any atom is -0.494 e. The molecule has 2 N–H and O–H groups in total. The maximum atomic E-state index is 12.3. The molecule has 0 fully saturated rings. The number of carbonyl (C=O) groups is 1. The number of unbranched alkanes of at least 4 members (excludes halogenated alkanes) is 4. The van der Waals surface area contributed by atoms with Crippen LogP contribution in [0.5, 0.6) is 11.5 Å². The number of benzene rings is 2. The summed E-state index contributed by atoms with van der Waals surface area (Å²) in [5.74, 6) is 1.92. The summed E-state index contributed by atoms with van der Waals surface area (Å²) in [6, 6.07) is 15.2. The van der Waals surface area contributed by atoms with E-state index >= 15 is 0 Å². The van der Waals surface area contributed by atoms with E-state index in [4.69, 9.17) is 9.47 Å². The molecule has 30 heavy (non-hydrogen) atoms. The second-order valence-corrected chi connectivity index (χ2v) is 7.92. The van der Waals surface area contributed by atoms with Crippen molar-refractivity contribution in [2.75, 3.05) is 30.4 Å². The molecule has 0 aliphatic rings. The van der Waals surface area contributed by atoms with Crippen molar-refractivity contribution in [2.45, 2.75) is 52.9 Å². The third-order valence-corrected chi connectivity index (χ3v) is 4.50. The molecule has 5 heteroatoms. The van der Waals surface area contributed by atoms with Gasteiger partial charge >= 0.3 is 0 Å². The van der Waals surface area contributed by atoms with Crippen molar-refractivity contribution in [3.8, 4) is 11.5 Å². The molecule has 0 saturated carbocycles. The van der Waals surface area contributed by atoms with Crippen LogP contribution < -0.4 is 20.1 Å². The van der Waals surface area contributed by atoms with Gasteiger partial charge in [0.15, 0.2) is 0 Å². The topological polar surface area (TPSA) is 59.6 Å². The fourth-order valence-electron chi connectivity index (χ4n) is 2.91. The highest BCUT2D eigenvalue weighted by atomic mass is 16.5. The number of amides is 1. The summed E-state index contributed by atoms with van der Waals surface area (Å²) < 4.78 is 11.5. The van der Waals surface area contributed by atoms with Crippen LogP contribution in [-0.2, 0) is 4.79 Å². The Morgan fingerprint density at radius 2 is 1.57 bits per heavy atom. The van der Waals surface area contributed by atoms with Crippen LogP contribution >= 0.6 is 0 Å². The van der Waals surface area contributed by atoms with Gasteiger partial charge in [-0.25, -0.2) is 0 Å². The van der Waals surface area contributed by atoms with E-state index in [0.29, 0.717) is 12.5 Å². The number of carbonyl (C=O) groups excluding carboxylic acids is 1. The Bertz CT molecular complexity index is 762. The number of ether oxygens (including phenoxy) is 2. The van der Waals surface area contributed by atoms with Crippen molar-refractivity contribution in [2.24, 2.45) is 5.92 Å². The zero-order valence-corrected chi connectivity index (χ0v) is 18.6. The Morgan fingerprint density at radius 3 is 2.30 bits per heavy atom. The standard InChI is InChI=1S/C25H36N2O3/c1-4-5-6-7-8-15-29-23-13-9-11-21(16-23)26-18-25(28)27-22-12-10-14-24(17-22)30-19-20(2)3/h9-14,16-17,20,26H,4-8,15,18-19H2,1-3H3,(H,27,28). The summed E-state index contributed by atoms with van der Waals surface area (Å²) in [5.41, 5.74) is 1.59. The molecule has 5 nitrogen and oxygen atoms in total. The van der Waals surface area contributed by atoms with E-state index in [0.717, 1.165) is 35.9 Å². The summed E-state index contributed by atoms with van der Waals surface area (Å²) >= 11 is 0. The maximum Gasteiger partial charge on any atom is 0.243 e. The smallest absolute Gasteiger partial charge is 0.243 e. The first-order valence-electron chi connectivity index (χ1n) is 11.1. The average molecular weight is 413 g/mol. The van der Waals surface area contributed by atoms with Crippen molar-refractivity contribution >= 4 is 17.3 Å². The van der Waals surface area contributed by atoms with Gasteiger partial charge in [-0.2, -0.15) is 0 Å². The summed E-state index contributed by atoms with van der Waals surface area (Å²) in [7, 11) is 0. The largest absolute Gasteiger partial charge is 0.494 e. The molecule has 0 heterocycles. The average Bonchev–Trinajstić information content (AvgIpc) is 2.74. The highest BCUT2D eigenvalue weighted by molar-refractivity contribution is 5.93. The first-order chi connectivity index (χ1) is 14.6. The van der Waals surface area contributed by atoms with E-state index in [1.807, 2.05) is 48.5 Å². The van der Waals surface area contributed by atoms with Gasteiger partial charge in [-0.3, -0.25) is 4.79 Å². The van der Waals surface area contributed by atoms with Crippen molar-refractivity contribution in [1.82, 2.24) is 0 Å². The lowest BCUT2D eigenvalue weighted by atomic mass is 10.2. The van der Waals surface area contributed by atoms with Crippen LogP contribution in [0.25, 0.3) is 0 Å². The van der Waals surface area contributed by atoms with Crippen LogP contribution in [0.4, 0.5) is 11.4 Å². The molecule has 0 aliphatic carbocycles. The molecule has 0 spiro atoms. The highest BCUT2D eigenvalue weighted by Gasteiger charge is 2.05. The van der Waals surface area contributed by atoms with Crippen LogP contribution in [0.1, 0.15) is 52.9 Å². The van der Waals surface area contributed by atoms with E-state index in [1.165, 1.54) is 25.7 Å². The Hall–Kier alpha value is -2.69. The van der Waals surface area contributed by atoms with Crippen LogP contribution in [0.2, 0.25) is 0 Å². The van der Waals surface area contributed by atoms with E-state index < -0.39 is 0 Å². The fraction of sp³-hybridized carbons (Fsp3) is 0.480. The molecule has 2 rings (SSSR count). The lowest BCUT2D eigenvalue weighted by Gasteiger charge is -2.12. The summed E-state index contributed by atoms with van der Waals surface area (Å²) in [6.07, 6.45) is 6.08. The van der Waals surface area contributed by atoms with Gasteiger partial charge in [0.25, 0.3) is 0 Å². The normalized spacial score (nSPS) is 10.7. The molecule has 0 unspecified atom stereocenters. The Kier molecular flexibility index (Phi) is 10.6. The van der Waals surface area contributed by atoms with Gasteiger partial charge in [0.05, 0.1) is 19.8 Å². The molecule has 0 atom stereocenters. The molecule has 0 bridgehead atoms. The third kappa shape index (κ3) is 9.68. The molecule has 2 aromatic rings. The van der Waals surface area contributed by atoms with E-state index in [-0.39, 0.29) is 12.5 Å². The van der Waals surface area contributed by atoms with Gasteiger partial charge in [-0.05, 0) is 36.6 Å². The van der Waals surface area contributed by atoms with E-state index in [9.17, 15) is 4.79 Å². The van der Waals surface area contributed by atoms with Gasteiger partial charge in [0.1, 0.15) is 11.5 Å². The highest BCUT2D eigenvalue weighted by Crippen LogP contribution is 2.19. The summed E-state index contributed by atoms with van der Waals surface area (Å²) in [4.78, 5) is 12.3. The first kappa shape index (κ1) is 23.6. The fourth-order valence-corrected chi connectivity index (χ4v) is 2.91. The van der Waals surface area contributed by atoms with Crippen LogP contribution in [0.3, 0.4) is 0 Å². The first-order valence-corrected chi connectivity index (χ1v) is 11.1. The summed E-state index contributed by atoms with van der Waals surface area (Å²) in [5, 5.41) is 6.06. The second kappa shape index (κ2) is 13.5. The molecule has 1 amide bonds. The zero-order valence-electron chi connectivity index (χ0n) is 18.6. The van der Waals surface area contributed by atoms with Crippen LogP contribution in [0.15, 0.2) is 48.5 Å². The second-order valence-electron chi connectivity index (χ2n) is 7.92. The van der Waals surface area contributed by atoms with Crippen LogP contribution in [0, 0.1) is 5.92 Å². The zero-order chi connectivity index (χ0) is 21.6.